The molecule has 0 aliphatic carbocycles. The first kappa shape index (κ1) is 39.4. The Bertz CT molecular complexity index is 1910. The zero-order valence-electron chi connectivity index (χ0n) is 31.4. The number of carbonyl (C=O) groups is 4. The molecular weight excluding hydrogens is 690 g/mol. The van der Waals surface area contributed by atoms with Crippen molar-refractivity contribution in [2.75, 3.05) is 33.4 Å². The number of benzene rings is 3. The van der Waals surface area contributed by atoms with Crippen LogP contribution >= 0.6 is 0 Å². The molecule has 3 heterocycles. The molecule has 2 aliphatic rings. The number of methoxy groups -OCH3 is 1. The number of aliphatic hydroxyl groups excluding tert-OH is 1. The molecule has 54 heavy (non-hydrogen) atoms. The quantitative estimate of drug-likeness (QED) is 0.224. The molecule has 3 atom stereocenters. The van der Waals surface area contributed by atoms with Crippen LogP contribution in [-0.4, -0.2) is 100 Å². The number of nitrogens with one attached hydrogen (secondary N) is 3. The minimum Gasteiger partial charge on any atom is -0.493 e. The molecule has 0 fully saturated rings. The number of fused-ring (bicyclic) bond motifs is 16. The molecular formula is C40H49N7O7. The molecule has 286 valence electrons. The van der Waals surface area contributed by atoms with Crippen molar-refractivity contribution >= 4 is 23.6 Å². The van der Waals surface area contributed by atoms with E-state index in [4.69, 9.17) is 9.47 Å². The number of aliphatic hydroxyl groups is 1. The molecule has 0 radical (unpaired) electrons. The average Bonchev–Trinajstić information content (AvgIpc) is 3.61. The lowest BCUT2D eigenvalue weighted by atomic mass is 9.86. The first-order valence-corrected chi connectivity index (χ1v) is 18.0. The summed E-state index contributed by atoms with van der Waals surface area (Å²) in [6.07, 6.45) is 1.01. The van der Waals surface area contributed by atoms with Crippen LogP contribution in [0.25, 0.3) is 0 Å². The van der Waals surface area contributed by atoms with Crippen molar-refractivity contribution in [3.8, 4) is 11.5 Å². The van der Waals surface area contributed by atoms with E-state index in [1.807, 2.05) is 42.5 Å². The van der Waals surface area contributed by atoms with Gasteiger partial charge < -0.3 is 35.4 Å². The maximum absolute atomic E-state index is 13.8. The molecule has 6 rings (SSSR count). The van der Waals surface area contributed by atoms with Gasteiger partial charge in [-0.25, -0.2) is 4.68 Å². The minimum absolute atomic E-state index is 0.0373. The Labute approximate surface area is 315 Å². The van der Waals surface area contributed by atoms with E-state index < -0.39 is 35.9 Å². The van der Waals surface area contributed by atoms with Gasteiger partial charge in [0.1, 0.15) is 18.7 Å². The summed E-state index contributed by atoms with van der Waals surface area (Å²) in [6.45, 7) is 8.75. The predicted octanol–water partition coefficient (Wildman–Crippen LogP) is 2.68. The first-order valence-electron chi connectivity index (χ1n) is 18.0. The molecule has 1 aromatic heterocycles. The number of hydrogen-bond acceptors (Lipinski definition) is 9. The minimum atomic E-state index is -1.35. The van der Waals surface area contributed by atoms with Crippen LogP contribution in [0.1, 0.15) is 65.2 Å². The van der Waals surface area contributed by atoms with E-state index in [0.717, 1.165) is 11.1 Å². The van der Waals surface area contributed by atoms with Gasteiger partial charge in [0.05, 0.1) is 25.5 Å². The molecule has 14 heteroatoms. The Morgan fingerprint density at radius 3 is 2.41 bits per heavy atom. The Balaban J connectivity index is 1.42. The summed E-state index contributed by atoms with van der Waals surface area (Å²) in [5.41, 5.74) is 3.15. The molecule has 0 saturated carbocycles. The van der Waals surface area contributed by atoms with Gasteiger partial charge in [0.15, 0.2) is 11.5 Å². The summed E-state index contributed by atoms with van der Waals surface area (Å²) in [5, 5.41) is 27.3. The second-order valence-corrected chi connectivity index (χ2v) is 14.3. The lowest BCUT2D eigenvalue weighted by Gasteiger charge is -2.26. The van der Waals surface area contributed by atoms with E-state index >= 15 is 0 Å². The van der Waals surface area contributed by atoms with Gasteiger partial charge in [-0.05, 0) is 53.8 Å². The van der Waals surface area contributed by atoms with Crippen molar-refractivity contribution in [3.63, 3.8) is 0 Å². The second kappa shape index (κ2) is 17.8. The van der Waals surface area contributed by atoms with E-state index in [1.165, 1.54) is 20.1 Å². The molecule has 0 unspecified atom stereocenters. The monoisotopic (exact) mass is 739 g/mol. The standard InChI is InChI=1S/C40H49N7O7/c1-26(48)35-38(51)41-18-20-46(39(52)28-11-14-30(15-12-28)40(2,3)4)19-17-31-25-47(45-44-31)21-22-54-33-16-13-29(24-34(33)53-5)36(49)42-32(37(50)43-35)23-27-9-7-6-8-10-27/h6-16,24-26,32,35,48H,17-23H2,1-5H3,(H,41,51)(H,42,49)(H,43,50)/t26-,32-,35+/m1/s1. The van der Waals surface area contributed by atoms with E-state index in [0.29, 0.717) is 35.7 Å². The SMILES string of the molecule is COc1cc2ccc1OCCn1cc(nn1)CCN(C(=O)c1ccc(C(C)(C)C)cc1)CCNC(=O)[C@H]([C@@H](C)O)NC(=O)[C@@H](Cc1ccccc1)NC2=O. The van der Waals surface area contributed by atoms with Crippen molar-refractivity contribution in [2.45, 2.75) is 70.7 Å². The highest BCUT2D eigenvalue weighted by atomic mass is 16.5. The number of aromatic nitrogens is 3. The molecule has 0 spiro atoms. The molecule has 4 aromatic rings. The van der Waals surface area contributed by atoms with Gasteiger partial charge in [-0.3, -0.25) is 19.2 Å². The highest BCUT2D eigenvalue weighted by Gasteiger charge is 2.31. The van der Waals surface area contributed by atoms with E-state index in [-0.39, 0.29) is 49.5 Å². The third-order valence-electron chi connectivity index (χ3n) is 9.16. The van der Waals surface area contributed by atoms with Crippen LogP contribution in [0.2, 0.25) is 0 Å². The maximum atomic E-state index is 13.8. The number of amides is 4. The Hall–Kier alpha value is -5.76. The van der Waals surface area contributed by atoms with Gasteiger partial charge in [0.25, 0.3) is 11.8 Å². The van der Waals surface area contributed by atoms with Gasteiger partial charge in [0.2, 0.25) is 11.8 Å². The molecule has 0 saturated heterocycles. The number of hydrogen-bond donors (Lipinski definition) is 4. The number of ether oxygens (including phenoxy) is 2. The van der Waals surface area contributed by atoms with Gasteiger partial charge in [0, 0.05) is 49.8 Å². The van der Waals surface area contributed by atoms with Crippen molar-refractivity contribution in [2.24, 2.45) is 0 Å². The first-order chi connectivity index (χ1) is 25.8. The average molecular weight is 740 g/mol. The summed E-state index contributed by atoms with van der Waals surface area (Å²) in [5.74, 6) is -1.38. The number of carbonyl (C=O) groups excluding carboxylic acids is 4. The maximum Gasteiger partial charge on any atom is 0.253 e. The fraction of sp³-hybridized carbons (Fsp3) is 0.400. The smallest absolute Gasteiger partial charge is 0.253 e. The van der Waals surface area contributed by atoms with Crippen molar-refractivity contribution in [1.82, 2.24) is 35.8 Å². The second-order valence-electron chi connectivity index (χ2n) is 14.3. The van der Waals surface area contributed by atoms with Gasteiger partial charge in [-0.15, -0.1) is 5.10 Å². The third-order valence-corrected chi connectivity index (χ3v) is 9.16. The zero-order chi connectivity index (χ0) is 38.8. The Morgan fingerprint density at radius 2 is 1.72 bits per heavy atom. The van der Waals surface area contributed by atoms with E-state index in [2.05, 4.69) is 47.0 Å². The van der Waals surface area contributed by atoms with Crippen LogP contribution in [-0.2, 0) is 34.4 Å². The lowest BCUT2D eigenvalue weighted by molar-refractivity contribution is -0.132. The van der Waals surface area contributed by atoms with Gasteiger partial charge in [-0.1, -0.05) is 68.4 Å². The predicted molar refractivity (Wildman–Crippen MR) is 201 cm³/mol. The lowest BCUT2D eigenvalue weighted by Crippen LogP contribution is -2.58. The van der Waals surface area contributed by atoms with Crippen LogP contribution < -0.4 is 25.4 Å². The van der Waals surface area contributed by atoms with Crippen LogP contribution in [0.15, 0.2) is 79.0 Å². The Morgan fingerprint density at radius 1 is 0.981 bits per heavy atom. The van der Waals surface area contributed by atoms with Crippen molar-refractivity contribution < 1.29 is 33.8 Å². The summed E-state index contributed by atoms with van der Waals surface area (Å²) >= 11 is 0. The van der Waals surface area contributed by atoms with Crippen LogP contribution in [0.5, 0.6) is 11.5 Å². The van der Waals surface area contributed by atoms with Crippen molar-refractivity contribution in [1.29, 1.82) is 0 Å². The zero-order valence-corrected chi connectivity index (χ0v) is 31.4. The van der Waals surface area contributed by atoms with E-state index in [1.54, 1.807) is 40.0 Å². The normalized spacial score (nSPS) is 18.5. The summed E-state index contributed by atoms with van der Waals surface area (Å²) in [7, 11) is 1.46. The van der Waals surface area contributed by atoms with Crippen LogP contribution in [0.4, 0.5) is 0 Å². The molecule has 2 aliphatic heterocycles. The van der Waals surface area contributed by atoms with Gasteiger partial charge >= 0.3 is 0 Å². The summed E-state index contributed by atoms with van der Waals surface area (Å²) < 4.78 is 13.1. The number of nitrogens with zero attached hydrogens (tertiary/aromatic N) is 4. The largest absolute Gasteiger partial charge is 0.493 e. The fourth-order valence-electron chi connectivity index (χ4n) is 5.98. The highest BCUT2D eigenvalue weighted by molar-refractivity contribution is 5.99. The molecule has 4 bridgehead atoms. The van der Waals surface area contributed by atoms with Crippen LogP contribution in [0, 0.1) is 0 Å². The Kier molecular flexibility index (Phi) is 13.0. The third kappa shape index (κ3) is 10.4. The molecule has 14 nitrogen and oxygen atoms in total. The van der Waals surface area contributed by atoms with E-state index in [9.17, 15) is 24.3 Å². The summed E-state index contributed by atoms with van der Waals surface area (Å²) in [6, 6.07) is 18.8. The molecule has 3 aromatic carbocycles. The van der Waals surface area contributed by atoms with Crippen molar-refractivity contribution in [3.05, 3.63) is 107 Å². The topological polar surface area (TPSA) is 177 Å². The summed E-state index contributed by atoms with van der Waals surface area (Å²) in [4.78, 5) is 56.3. The van der Waals surface area contributed by atoms with Crippen LogP contribution in [0.3, 0.4) is 0 Å². The van der Waals surface area contributed by atoms with Gasteiger partial charge in [-0.2, -0.15) is 0 Å². The fourth-order valence-corrected chi connectivity index (χ4v) is 5.98. The highest BCUT2D eigenvalue weighted by Crippen LogP contribution is 2.28. The number of rotatable bonds is 5. The molecule has 4 N–H and O–H groups in total. The molecule has 4 amide bonds.